The highest BCUT2D eigenvalue weighted by atomic mass is 16.5. The van der Waals surface area contributed by atoms with Crippen molar-refractivity contribution in [3.63, 3.8) is 0 Å². The van der Waals surface area contributed by atoms with E-state index in [2.05, 4.69) is 48.4 Å². The molecule has 0 saturated heterocycles. The first kappa shape index (κ1) is 12.6. The van der Waals surface area contributed by atoms with Gasteiger partial charge in [-0.05, 0) is 25.0 Å². The Morgan fingerprint density at radius 3 is 2.61 bits per heavy atom. The number of hydrogen-bond acceptors (Lipinski definition) is 4. The van der Waals surface area contributed by atoms with Crippen molar-refractivity contribution >= 4 is 5.69 Å². The number of anilines is 1. The van der Waals surface area contributed by atoms with Crippen LogP contribution in [0.1, 0.15) is 31.1 Å². The van der Waals surface area contributed by atoms with Crippen molar-refractivity contribution in [2.24, 2.45) is 5.92 Å². The smallest absolute Gasteiger partial charge is 0.245 e. The molecule has 0 bridgehead atoms. The zero-order valence-corrected chi connectivity index (χ0v) is 11.1. The van der Waals surface area contributed by atoms with E-state index in [9.17, 15) is 0 Å². The highest BCUT2D eigenvalue weighted by Gasteiger charge is 2.07. The van der Waals surface area contributed by atoms with Crippen molar-refractivity contribution in [2.75, 3.05) is 5.32 Å². The lowest BCUT2D eigenvalue weighted by Gasteiger charge is -2.02. The van der Waals surface area contributed by atoms with Crippen LogP contribution in [0.5, 0.6) is 0 Å². The molecule has 0 amide bonds. The van der Waals surface area contributed by atoms with E-state index < -0.39 is 0 Å². The molecule has 0 unspecified atom stereocenters. The Balaban J connectivity index is 1.90. The lowest BCUT2D eigenvalue weighted by Crippen LogP contribution is -2.00. The Hall–Kier alpha value is -1.84. The molecule has 1 N–H and O–H groups in total. The van der Waals surface area contributed by atoms with Crippen LogP contribution in [0.25, 0.3) is 0 Å². The van der Waals surface area contributed by atoms with Crippen molar-refractivity contribution in [1.82, 2.24) is 10.1 Å². The minimum absolute atomic E-state index is 0.542. The fourth-order valence-electron chi connectivity index (χ4n) is 1.66. The van der Waals surface area contributed by atoms with Crippen LogP contribution in [0.4, 0.5) is 5.69 Å². The molecular formula is C14H19N3O. The van der Waals surface area contributed by atoms with Gasteiger partial charge >= 0.3 is 0 Å². The van der Waals surface area contributed by atoms with E-state index in [1.54, 1.807) is 0 Å². The van der Waals surface area contributed by atoms with E-state index in [-0.39, 0.29) is 0 Å². The number of nitrogens with zero attached hydrogens (tertiary/aromatic N) is 2. The highest BCUT2D eigenvalue weighted by Crippen LogP contribution is 2.10. The molecule has 1 aromatic heterocycles. The predicted octanol–water partition coefficient (Wildman–Crippen LogP) is 3.19. The molecule has 0 aliphatic heterocycles. The van der Waals surface area contributed by atoms with Crippen LogP contribution in [-0.4, -0.2) is 10.1 Å². The molecule has 0 aliphatic rings. The molecule has 4 nitrogen and oxygen atoms in total. The van der Waals surface area contributed by atoms with Crippen LogP contribution >= 0.6 is 0 Å². The van der Waals surface area contributed by atoms with Gasteiger partial charge in [0.2, 0.25) is 5.89 Å². The first-order chi connectivity index (χ1) is 8.63. The molecule has 0 aliphatic carbocycles. The Kier molecular flexibility index (Phi) is 3.97. The summed E-state index contributed by atoms with van der Waals surface area (Å²) in [5.74, 6) is 1.96. The molecule has 18 heavy (non-hydrogen) atoms. The molecule has 0 saturated carbocycles. The van der Waals surface area contributed by atoms with Crippen LogP contribution in [0.15, 0.2) is 28.8 Å². The highest BCUT2D eigenvalue weighted by molar-refractivity contribution is 5.44. The summed E-state index contributed by atoms with van der Waals surface area (Å²) in [7, 11) is 0. The largest absolute Gasteiger partial charge is 0.376 e. The third kappa shape index (κ3) is 3.58. The molecule has 1 heterocycles. The number of aryl methyl sites for hydroxylation is 1. The maximum absolute atomic E-state index is 5.19. The van der Waals surface area contributed by atoms with Crippen LogP contribution in [0, 0.1) is 12.8 Å². The van der Waals surface area contributed by atoms with Gasteiger partial charge < -0.3 is 9.84 Å². The minimum Gasteiger partial charge on any atom is -0.376 e. The molecule has 2 rings (SSSR count). The van der Waals surface area contributed by atoms with Crippen LogP contribution in [-0.2, 0) is 13.0 Å². The molecule has 0 fully saturated rings. The Morgan fingerprint density at radius 1 is 1.22 bits per heavy atom. The average molecular weight is 245 g/mol. The monoisotopic (exact) mass is 245 g/mol. The van der Waals surface area contributed by atoms with Crippen LogP contribution in [0.3, 0.4) is 0 Å². The number of hydrogen-bond donors (Lipinski definition) is 1. The lowest BCUT2D eigenvalue weighted by molar-refractivity contribution is 0.375. The van der Waals surface area contributed by atoms with E-state index >= 15 is 0 Å². The molecular weight excluding hydrogens is 226 g/mol. The summed E-state index contributed by atoms with van der Waals surface area (Å²) in [5, 5.41) is 7.22. The van der Waals surface area contributed by atoms with Gasteiger partial charge in [-0.2, -0.15) is 4.98 Å². The molecule has 0 atom stereocenters. The summed E-state index contributed by atoms with van der Waals surface area (Å²) < 4.78 is 5.19. The average Bonchev–Trinajstić information content (AvgIpc) is 2.75. The first-order valence-corrected chi connectivity index (χ1v) is 6.25. The number of aromatic nitrogens is 2. The minimum atomic E-state index is 0.542. The van der Waals surface area contributed by atoms with Gasteiger partial charge in [-0.25, -0.2) is 0 Å². The zero-order valence-electron chi connectivity index (χ0n) is 11.1. The van der Waals surface area contributed by atoms with Gasteiger partial charge in [-0.15, -0.1) is 0 Å². The van der Waals surface area contributed by atoms with Gasteiger partial charge in [0.05, 0.1) is 6.54 Å². The summed E-state index contributed by atoms with van der Waals surface area (Å²) in [6.07, 6.45) is 0.855. The fourth-order valence-corrected chi connectivity index (χ4v) is 1.66. The normalized spacial score (nSPS) is 10.9. The summed E-state index contributed by atoms with van der Waals surface area (Å²) >= 11 is 0. The molecule has 96 valence electrons. The van der Waals surface area contributed by atoms with E-state index in [4.69, 9.17) is 4.52 Å². The van der Waals surface area contributed by atoms with Crippen molar-refractivity contribution in [1.29, 1.82) is 0 Å². The number of benzene rings is 1. The Labute approximate surface area is 107 Å². The second-order valence-corrected chi connectivity index (χ2v) is 4.92. The Morgan fingerprint density at radius 2 is 1.94 bits per heavy atom. The van der Waals surface area contributed by atoms with E-state index in [1.807, 2.05) is 12.1 Å². The van der Waals surface area contributed by atoms with Gasteiger partial charge in [-0.1, -0.05) is 36.7 Å². The zero-order chi connectivity index (χ0) is 13.0. The third-order valence-electron chi connectivity index (χ3n) is 2.60. The summed E-state index contributed by atoms with van der Waals surface area (Å²) in [6, 6.07) is 8.22. The first-order valence-electron chi connectivity index (χ1n) is 6.25. The van der Waals surface area contributed by atoms with Crippen molar-refractivity contribution in [3.8, 4) is 0 Å². The number of nitrogens with one attached hydrogen (secondary N) is 1. The Bertz CT molecular complexity index is 488. The topological polar surface area (TPSA) is 51.0 Å². The van der Waals surface area contributed by atoms with Crippen molar-refractivity contribution in [2.45, 2.75) is 33.7 Å². The van der Waals surface area contributed by atoms with Crippen LogP contribution < -0.4 is 5.32 Å². The fraction of sp³-hybridized carbons (Fsp3) is 0.429. The molecule has 4 heteroatoms. The SMILES string of the molecule is Cc1ccc(NCc2nc(CC(C)C)no2)cc1. The van der Waals surface area contributed by atoms with Crippen molar-refractivity contribution in [3.05, 3.63) is 41.5 Å². The second kappa shape index (κ2) is 5.67. The van der Waals surface area contributed by atoms with Gasteiger partial charge in [-0.3, -0.25) is 0 Å². The second-order valence-electron chi connectivity index (χ2n) is 4.92. The van der Waals surface area contributed by atoms with E-state index in [0.29, 0.717) is 18.4 Å². The van der Waals surface area contributed by atoms with Crippen LogP contribution in [0.2, 0.25) is 0 Å². The van der Waals surface area contributed by atoms with E-state index in [0.717, 1.165) is 17.9 Å². The number of rotatable bonds is 5. The maximum atomic E-state index is 5.19. The van der Waals surface area contributed by atoms with Gasteiger partial charge in [0.15, 0.2) is 5.82 Å². The summed E-state index contributed by atoms with van der Waals surface area (Å²) in [5.41, 5.74) is 2.31. The molecule has 1 aromatic carbocycles. The lowest BCUT2D eigenvalue weighted by atomic mass is 10.1. The third-order valence-corrected chi connectivity index (χ3v) is 2.60. The van der Waals surface area contributed by atoms with E-state index in [1.165, 1.54) is 5.56 Å². The van der Waals surface area contributed by atoms with Gasteiger partial charge in [0, 0.05) is 12.1 Å². The quantitative estimate of drug-likeness (QED) is 0.879. The van der Waals surface area contributed by atoms with Gasteiger partial charge in [0.25, 0.3) is 0 Å². The molecule has 0 radical (unpaired) electrons. The maximum Gasteiger partial charge on any atom is 0.245 e. The molecule has 2 aromatic rings. The summed E-state index contributed by atoms with van der Waals surface area (Å²) in [4.78, 5) is 4.34. The van der Waals surface area contributed by atoms with Crippen molar-refractivity contribution < 1.29 is 4.52 Å². The predicted molar refractivity (Wildman–Crippen MR) is 71.3 cm³/mol. The molecule has 0 spiro atoms. The standard InChI is InChI=1S/C14H19N3O/c1-10(2)8-13-16-14(18-17-13)9-15-12-6-4-11(3)5-7-12/h4-7,10,15H,8-9H2,1-3H3. The summed E-state index contributed by atoms with van der Waals surface area (Å²) in [6.45, 7) is 6.91. The van der Waals surface area contributed by atoms with Gasteiger partial charge in [0.1, 0.15) is 0 Å².